The van der Waals surface area contributed by atoms with E-state index in [9.17, 15) is 13.2 Å². The Bertz CT molecular complexity index is 774. The van der Waals surface area contributed by atoms with E-state index >= 15 is 0 Å². The lowest BCUT2D eigenvalue weighted by Crippen LogP contribution is -2.30. The van der Waals surface area contributed by atoms with Crippen LogP contribution in [-0.4, -0.2) is 32.8 Å². The third kappa shape index (κ3) is 4.30. The van der Waals surface area contributed by atoms with Gasteiger partial charge >= 0.3 is 6.03 Å². The number of sulfonamides is 1. The lowest BCUT2D eigenvalue weighted by atomic mass is 10.2. The summed E-state index contributed by atoms with van der Waals surface area (Å²) >= 11 is 0. The van der Waals surface area contributed by atoms with Crippen LogP contribution in [-0.2, 0) is 16.6 Å². The molecule has 6 nitrogen and oxygen atoms in total. The summed E-state index contributed by atoms with van der Waals surface area (Å²) in [6, 6.07) is 15.3. The van der Waals surface area contributed by atoms with Gasteiger partial charge in [0.25, 0.3) is 0 Å². The molecule has 0 bridgehead atoms. The molecule has 2 amide bonds. The summed E-state index contributed by atoms with van der Waals surface area (Å²) in [6.45, 7) is 0.356. The van der Waals surface area contributed by atoms with E-state index in [0.717, 1.165) is 9.87 Å². The minimum Gasteiger partial charge on any atom is -0.334 e. The molecule has 0 heterocycles. The van der Waals surface area contributed by atoms with Crippen LogP contribution >= 0.6 is 0 Å². The fraction of sp³-hybridized carbons (Fsp3) is 0.188. The summed E-state index contributed by atoms with van der Waals surface area (Å²) in [5.74, 6) is 0. The van der Waals surface area contributed by atoms with Gasteiger partial charge in [-0.2, -0.15) is 0 Å². The predicted octanol–water partition coefficient (Wildman–Crippen LogP) is 2.26. The van der Waals surface area contributed by atoms with Gasteiger partial charge in [-0.3, -0.25) is 0 Å². The maximum absolute atomic E-state index is 12.3. The van der Waals surface area contributed by atoms with Crippen LogP contribution in [0.5, 0.6) is 0 Å². The first-order valence-electron chi connectivity index (χ1n) is 7.01. The maximum atomic E-state index is 12.3. The molecule has 7 heteroatoms. The number of para-hydroxylation sites is 1. The van der Waals surface area contributed by atoms with E-state index < -0.39 is 16.1 Å². The van der Waals surface area contributed by atoms with Crippen molar-refractivity contribution in [1.82, 2.24) is 9.62 Å². The minimum atomic E-state index is -3.63. The Kier molecular flexibility index (Phi) is 5.36. The van der Waals surface area contributed by atoms with Crippen LogP contribution in [0.25, 0.3) is 0 Å². The molecule has 23 heavy (non-hydrogen) atoms. The molecule has 0 aliphatic rings. The number of hydrogen-bond acceptors (Lipinski definition) is 3. The number of anilines is 1. The summed E-state index contributed by atoms with van der Waals surface area (Å²) in [6.07, 6.45) is 0. The molecule has 0 radical (unpaired) electrons. The number of benzene rings is 2. The van der Waals surface area contributed by atoms with E-state index in [1.807, 2.05) is 30.3 Å². The van der Waals surface area contributed by atoms with Crippen molar-refractivity contribution in [2.45, 2.75) is 11.4 Å². The fourth-order valence-electron chi connectivity index (χ4n) is 1.94. The average Bonchev–Trinajstić information content (AvgIpc) is 2.54. The third-order valence-corrected chi connectivity index (χ3v) is 5.06. The monoisotopic (exact) mass is 333 g/mol. The molecule has 0 saturated heterocycles. The number of carbonyl (C=O) groups excluding carboxylic acids is 1. The van der Waals surface area contributed by atoms with Crippen molar-refractivity contribution < 1.29 is 13.2 Å². The number of amides is 2. The quantitative estimate of drug-likeness (QED) is 0.881. The Balaban J connectivity index is 2.10. The van der Waals surface area contributed by atoms with E-state index in [-0.39, 0.29) is 10.6 Å². The predicted molar refractivity (Wildman–Crippen MR) is 89.6 cm³/mol. The number of hydrogen-bond donors (Lipinski definition) is 2. The SMILES string of the molecule is CN(C)S(=O)(=O)c1ccccc1NC(=O)NCc1ccccc1. The maximum Gasteiger partial charge on any atom is 0.319 e. The highest BCUT2D eigenvalue weighted by Gasteiger charge is 2.21. The number of nitrogens with zero attached hydrogens (tertiary/aromatic N) is 1. The van der Waals surface area contributed by atoms with E-state index in [1.165, 1.54) is 20.2 Å². The molecule has 0 spiro atoms. The summed E-state index contributed by atoms with van der Waals surface area (Å²) in [5.41, 5.74) is 1.20. The molecule has 0 aliphatic heterocycles. The highest BCUT2D eigenvalue weighted by atomic mass is 32.2. The van der Waals surface area contributed by atoms with Crippen LogP contribution in [0.4, 0.5) is 10.5 Å². The number of rotatable bonds is 5. The van der Waals surface area contributed by atoms with Crippen LogP contribution in [0, 0.1) is 0 Å². The van der Waals surface area contributed by atoms with Crippen molar-refractivity contribution in [2.24, 2.45) is 0 Å². The first kappa shape index (κ1) is 17.0. The molecule has 2 N–H and O–H groups in total. The lowest BCUT2D eigenvalue weighted by molar-refractivity contribution is 0.251. The van der Waals surface area contributed by atoms with Crippen molar-refractivity contribution in [3.05, 3.63) is 60.2 Å². The van der Waals surface area contributed by atoms with Gasteiger partial charge in [-0.1, -0.05) is 42.5 Å². The lowest BCUT2D eigenvalue weighted by Gasteiger charge is -2.16. The van der Waals surface area contributed by atoms with Gasteiger partial charge in [0.15, 0.2) is 0 Å². The molecule has 0 saturated carbocycles. The van der Waals surface area contributed by atoms with Crippen molar-refractivity contribution >= 4 is 21.7 Å². The molecule has 0 aliphatic carbocycles. The number of carbonyl (C=O) groups is 1. The molecule has 2 aromatic carbocycles. The van der Waals surface area contributed by atoms with Crippen molar-refractivity contribution in [1.29, 1.82) is 0 Å². The molecular weight excluding hydrogens is 314 g/mol. The summed E-state index contributed by atoms with van der Waals surface area (Å²) in [5, 5.41) is 5.28. The first-order chi connectivity index (χ1) is 10.9. The Labute approximate surface area is 136 Å². The molecule has 0 unspecified atom stereocenters. The highest BCUT2D eigenvalue weighted by Crippen LogP contribution is 2.22. The van der Waals surface area contributed by atoms with Crippen molar-refractivity contribution in [3.63, 3.8) is 0 Å². The van der Waals surface area contributed by atoms with Gasteiger partial charge in [-0.15, -0.1) is 0 Å². The smallest absolute Gasteiger partial charge is 0.319 e. The van der Waals surface area contributed by atoms with Gasteiger partial charge in [-0.05, 0) is 17.7 Å². The van der Waals surface area contributed by atoms with Gasteiger partial charge in [0.1, 0.15) is 4.90 Å². The number of nitrogens with one attached hydrogen (secondary N) is 2. The summed E-state index contributed by atoms with van der Waals surface area (Å²) in [7, 11) is -0.737. The van der Waals surface area contributed by atoms with Gasteiger partial charge in [-0.25, -0.2) is 17.5 Å². The van der Waals surface area contributed by atoms with Crippen LogP contribution in [0.1, 0.15) is 5.56 Å². The minimum absolute atomic E-state index is 0.0554. The van der Waals surface area contributed by atoms with E-state index in [0.29, 0.717) is 6.54 Å². The second-order valence-corrected chi connectivity index (χ2v) is 7.20. The van der Waals surface area contributed by atoms with Crippen LogP contribution in [0.2, 0.25) is 0 Å². The van der Waals surface area contributed by atoms with Gasteiger partial charge in [0, 0.05) is 20.6 Å². The molecule has 0 aromatic heterocycles. The molecular formula is C16H19N3O3S. The zero-order valence-corrected chi connectivity index (χ0v) is 13.8. The van der Waals surface area contributed by atoms with Crippen LogP contribution < -0.4 is 10.6 Å². The third-order valence-electron chi connectivity index (χ3n) is 3.19. The van der Waals surface area contributed by atoms with Crippen LogP contribution in [0.3, 0.4) is 0 Å². The van der Waals surface area contributed by atoms with E-state index in [4.69, 9.17) is 0 Å². The van der Waals surface area contributed by atoms with Gasteiger partial charge in [0.2, 0.25) is 10.0 Å². The first-order valence-corrected chi connectivity index (χ1v) is 8.45. The molecule has 0 atom stereocenters. The zero-order valence-electron chi connectivity index (χ0n) is 13.0. The number of urea groups is 1. The van der Waals surface area contributed by atoms with E-state index in [1.54, 1.807) is 18.2 Å². The average molecular weight is 333 g/mol. The van der Waals surface area contributed by atoms with Crippen molar-refractivity contribution in [3.8, 4) is 0 Å². The van der Waals surface area contributed by atoms with Crippen LogP contribution in [0.15, 0.2) is 59.5 Å². The Hall–Kier alpha value is -2.38. The normalized spacial score (nSPS) is 11.3. The summed E-state index contributed by atoms with van der Waals surface area (Å²) < 4.78 is 25.6. The van der Waals surface area contributed by atoms with Crippen molar-refractivity contribution in [2.75, 3.05) is 19.4 Å². The zero-order chi connectivity index (χ0) is 16.9. The molecule has 2 aromatic rings. The van der Waals surface area contributed by atoms with E-state index in [2.05, 4.69) is 10.6 Å². The Morgan fingerprint density at radius 2 is 1.61 bits per heavy atom. The Morgan fingerprint density at radius 3 is 2.26 bits per heavy atom. The van der Waals surface area contributed by atoms with Gasteiger partial charge in [0.05, 0.1) is 5.69 Å². The second-order valence-electron chi connectivity index (χ2n) is 5.08. The molecule has 0 fully saturated rings. The second kappa shape index (κ2) is 7.26. The largest absolute Gasteiger partial charge is 0.334 e. The van der Waals surface area contributed by atoms with Gasteiger partial charge < -0.3 is 10.6 Å². The highest BCUT2D eigenvalue weighted by molar-refractivity contribution is 7.89. The standard InChI is InChI=1S/C16H19N3O3S/c1-19(2)23(21,22)15-11-7-6-10-14(15)18-16(20)17-12-13-8-4-3-5-9-13/h3-11H,12H2,1-2H3,(H2,17,18,20). The Morgan fingerprint density at radius 1 is 1.00 bits per heavy atom. The molecule has 2 rings (SSSR count). The molecule has 122 valence electrons. The fourth-order valence-corrected chi connectivity index (χ4v) is 2.98. The topological polar surface area (TPSA) is 78.5 Å². The summed E-state index contributed by atoms with van der Waals surface area (Å²) in [4.78, 5) is 12.1.